The molecule has 0 fully saturated rings. The summed E-state index contributed by atoms with van der Waals surface area (Å²) >= 11 is 0. The van der Waals surface area contributed by atoms with E-state index in [1.54, 1.807) is 12.1 Å². The monoisotopic (exact) mass is 338 g/mol. The normalized spacial score (nSPS) is 18.6. The van der Waals surface area contributed by atoms with Gasteiger partial charge in [-0.15, -0.1) is 0 Å². The van der Waals surface area contributed by atoms with Gasteiger partial charge in [-0.1, -0.05) is 6.92 Å². The van der Waals surface area contributed by atoms with E-state index in [4.69, 9.17) is 0 Å². The second-order valence-corrected chi connectivity index (χ2v) is 7.31. The number of azo groups is 1. The van der Waals surface area contributed by atoms with Crippen molar-refractivity contribution in [3.05, 3.63) is 57.6 Å². The summed E-state index contributed by atoms with van der Waals surface area (Å²) in [5.41, 5.74) is 5.01. The van der Waals surface area contributed by atoms with Gasteiger partial charge in [0.25, 0.3) is 5.69 Å². The van der Waals surface area contributed by atoms with Gasteiger partial charge in [0.2, 0.25) is 0 Å². The molecule has 0 aliphatic carbocycles. The molecule has 2 aromatic carbocycles. The Labute approximate surface area is 147 Å². The molecular formula is C19H22N4O2. The minimum Gasteiger partial charge on any atom is -0.380 e. The Kier molecular flexibility index (Phi) is 4.29. The molecule has 1 atom stereocenters. The molecule has 0 bridgehead atoms. The SMILES string of the molecule is Cc1cc2c(cc1N=Nc1ccc([N+](=O)[O-])cc1)[C@H](C)CC(C)(C)N2. The van der Waals surface area contributed by atoms with Crippen LogP contribution in [0.3, 0.4) is 0 Å². The first kappa shape index (κ1) is 17.1. The van der Waals surface area contributed by atoms with Crippen molar-refractivity contribution in [2.24, 2.45) is 10.2 Å². The molecule has 0 saturated carbocycles. The number of aryl methyl sites for hydroxylation is 1. The van der Waals surface area contributed by atoms with Crippen molar-refractivity contribution in [2.75, 3.05) is 5.32 Å². The highest BCUT2D eigenvalue weighted by Crippen LogP contribution is 2.41. The fourth-order valence-corrected chi connectivity index (χ4v) is 3.38. The molecule has 130 valence electrons. The summed E-state index contributed by atoms with van der Waals surface area (Å²) in [4.78, 5) is 10.3. The van der Waals surface area contributed by atoms with Crippen molar-refractivity contribution >= 4 is 22.7 Å². The van der Waals surface area contributed by atoms with Crippen molar-refractivity contribution in [3.8, 4) is 0 Å². The third-order valence-electron chi connectivity index (χ3n) is 4.52. The maximum atomic E-state index is 10.7. The lowest BCUT2D eigenvalue weighted by Gasteiger charge is -2.38. The molecule has 0 radical (unpaired) electrons. The summed E-state index contributed by atoms with van der Waals surface area (Å²) in [6.07, 6.45) is 1.06. The van der Waals surface area contributed by atoms with Gasteiger partial charge in [0.05, 0.1) is 16.3 Å². The number of nitrogens with zero attached hydrogens (tertiary/aromatic N) is 3. The van der Waals surface area contributed by atoms with Crippen molar-refractivity contribution in [1.29, 1.82) is 0 Å². The van der Waals surface area contributed by atoms with Gasteiger partial charge in [-0.25, -0.2) is 0 Å². The maximum absolute atomic E-state index is 10.7. The van der Waals surface area contributed by atoms with Crippen LogP contribution in [0.2, 0.25) is 0 Å². The van der Waals surface area contributed by atoms with Crippen LogP contribution in [0, 0.1) is 17.0 Å². The highest BCUT2D eigenvalue weighted by Gasteiger charge is 2.29. The van der Waals surface area contributed by atoms with E-state index >= 15 is 0 Å². The molecule has 6 heteroatoms. The second-order valence-electron chi connectivity index (χ2n) is 7.31. The average molecular weight is 338 g/mol. The number of nitro benzene ring substituents is 1. The Morgan fingerprint density at radius 3 is 2.52 bits per heavy atom. The van der Waals surface area contributed by atoms with E-state index in [2.05, 4.69) is 48.4 Å². The van der Waals surface area contributed by atoms with Crippen LogP contribution in [0.5, 0.6) is 0 Å². The third kappa shape index (κ3) is 3.68. The molecule has 0 amide bonds. The lowest BCUT2D eigenvalue weighted by atomic mass is 9.81. The zero-order chi connectivity index (χ0) is 18.2. The first-order valence-corrected chi connectivity index (χ1v) is 8.34. The lowest BCUT2D eigenvalue weighted by molar-refractivity contribution is -0.384. The van der Waals surface area contributed by atoms with Crippen LogP contribution in [-0.2, 0) is 0 Å². The van der Waals surface area contributed by atoms with Gasteiger partial charge in [-0.3, -0.25) is 10.1 Å². The number of benzene rings is 2. The zero-order valence-electron chi connectivity index (χ0n) is 14.9. The highest BCUT2D eigenvalue weighted by atomic mass is 16.6. The number of non-ortho nitro benzene ring substituents is 1. The molecule has 3 rings (SSSR count). The van der Waals surface area contributed by atoms with Crippen LogP contribution in [0.15, 0.2) is 46.6 Å². The quantitative estimate of drug-likeness (QED) is 0.422. The van der Waals surface area contributed by atoms with Gasteiger partial charge in [-0.05, 0) is 68.5 Å². The number of hydrogen-bond donors (Lipinski definition) is 1. The van der Waals surface area contributed by atoms with Gasteiger partial charge < -0.3 is 5.32 Å². The molecule has 0 unspecified atom stereocenters. The molecule has 2 aromatic rings. The van der Waals surface area contributed by atoms with Crippen LogP contribution in [0.4, 0.5) is 22.7 Å². The third-order valence-corrected chi connectivity index (χ3v) is 4.52. The predicted molar refractivity (Wildman–Crippen MR) is 99.2 cm³/mol. The molecule has 1 aliphatic heterocycles. The topological polar surface area (TPSA) is 79.9 Å². The zero-order valence-corrected chi connectivity index (χ0v) is 14.9. The van der Waals surface area contributed by atoms with E-state index in [-0.39, 0.29) is 11.2 Å². The summed E-state index contributed by atoms with van der Waals surface area (Å²) in [5, 5.41) is 22.9. The molecule has 6 nitrogen and oxygen atoms in total. The van der Waals surface area contributed by atoms with Crippen molar-refractivity contribution in [3.63, 3.8) is 0 Å². The summed E-state index contributed by atoms with van der Waals surface area (Å²) in [6, 6.07) is 10.3. The first-order valence-electron chi connectivity index (χ1n) is 8.34. The minimum atomic E-state index is -0.426. The van der Waals surface area contributed by atoms with Crippen molar-refractivity contribution < 1.29 is 4.92 Å². The van der Waals surface area contributed by atoms with Gasteiger partial charge in [0.1, 0.15) is 0 Å². The summed E-state index contributed by atoms with van der Waals surface area (Å²) < 4.78 is 0. The summed E-state index contributed by atoms with van der Waals surface area (Å²) in [6.45, 7) is 8.67. The second kappa shape index (κ2) is 6.27. The average Bonchev–Trinajstić information content (AvgIpc) is 2.52. The molecule has 1 heterocycles. The Balaban J connectivity index is 1.88. The Hall–Kier alpha value is -2.76. The number of rotatable bonds is 3. The van der Waals surface area contributed by atoms with Gasteiger partial charge in [0.15, 0.2) is 0 Å². The first-order chi connectivity index (χ1) is 11.7. The van der Waals surface area contributed by atoms with E-state index in [0.717, 1.165) is 23.4 Å². The van der Waals surface area contributed by atoms with Gasteiger partial charge in [0, 0.05) is 23.4 Å². The van der Waals surface area contributed by atoms with Crippen molar-refractivity contribution in [1.82, 2.24) is 0 Å². The molecule has 0 saturated heterocycles. The van der Waals surface area contributed by atoms with Crippen LogP contribution < -0.4 is 5.32 Å². The fourth-order valence-electron chi connectivity index (χ4n) is 3.38. The molecule has 25 heavy (non-hydrogen) atoms. The lowest BCUT2D eigenvalue weighted by Crippen LogP contribution is -2.36. The largest absolute Gasteiger partial charge is 0.380 e. The Bertz CT molecular complexity index is 841. The molecule has 1 aliphatic rings. The fraction of sp³-hybridized carbons (Fsp3) is 0.368. The molecular weight excluding hydrogens is 316 g/mol. The van der Waals surface area contributed by atoms with Crippen LogP contribution in [0.25, 0.3) is 0 Å². The van der Waals surface area contributed by atoms with Crippen molar-refractivity contribution in [2.45, 2.75) is 45.6 Å². The Morgan fingerprint density at radius 1 is 1.20 bits per heavy atom. The predicted octanol–water partition coefficient (Wildman–Crippen LogP) is 6.02. The van der Waals surface area contributed by atoms with E-state index in [0.29, 0.717) is 11.6 Å². The summed E-state index contributed by atoms with van der Waals surface area (Å²) in [7, 11) is 0. The number of anilines is 1. The number of nitro groups is 1. The van der Waals surface area contributed by atoms with Crippen LogP contribution in [0.1, 0.15) is 44.2 Å². The van der Waals surface area contributed by atoms with E-state index in [9.17, 15) is 10.1 Å². The van der Waals surface area contributed by atoms with E-state index in [1.807, 2.05) is 6.92 Å². The smallest absolute Gasteiger partial charge is 0.269 e. The number of hydrogen-bond acceptors (Lipinski definition) is 5. The molecule has 0 aromatic heterocycles. The number of fused-ring (bicyclic) bond motifs is 1. The summed E-state index contributed by atoms with van der Waals surface area (Å²) in [5.74, 6) is 0.445. The van der Waals surface area contributed by atoms with Gasteiger partial charge >= 0.3 is 0 Å². The van der Waals surface area contributed by atoms with E-state index < -0.39 is 4.92 Å². The highest BCUT2D eigenvalue weighted by molar-refractivity contribution is 5.65. The van der Waals surface area contributed by atoms with Gasteiger partial charge in [-0.2, -0.15) is 10.2 Å². The Morgan fingerprint density at radius 2 is 1.88 bits per heavy atom. The molecule has 0 spiro atoms. The van der Waals surface area contributed by atoms with E-state index in [1.165, 1.54) is 17.7 Å². The number of nitrogens with one attached hydrogen (secondary N) is 1. The van der Waals surface area contributed by atoms with Crippen LogP contribution in [-0.4, -0.2) is 10.5 Å². The molecule has 1 N–H and O–H groups in total. The van der Waals surface area contributed by atoms with Crippen LogP contribution >= 0.6 is 0 Å². The maximum Gasteiger partial charge on any atom is 0.269 e. The standard InChI is InChI=1S/C19H22N4O2/c1-12-9-18-16(13(2)11-19(3,4)20-18)10-17(12)22-21-14-5-7-15(8-6-14)23(24)25/h5-10,13,20H,11H2,1-4H3/t13-/m1/s1. The minimum absolute atomic E-state index is 0.0476.